The first-order valence-corrected chi connectivity index (χ1v) is 37.1. The van der Waals surface area contributed by atoms with Gasteiger partial charge in [0.2, 0.25) is 0 Å². The first-order valence-electron chi connectivity index (χ1n) is 35.4. The van der Waals surface area contributed by atoms with E-state index in [1.807, 2.05) is 130 Å². The van der Waals surface area contributed by atoms with Crippen LogP contribution in [-0.2, 0) is 34.3 Å². The van der Waals surface area contributed by atoms with Crippen molar-refractivity contribution in [2.75, 3.05) is 113 Å². The number of halogens is 2. The summed E-state index contributed by atoms with van der Waals surface area (Å²) in [5, 5.41) is 6.10. The van der Waals surface area contributed by atoms with Crippen molar-refractivity contribution >= 4 is 108 Å². The lowest BCUT2D eigenvalue weighted by Gasteiger charge is -2.37. The van der Waals surface area contributed by atoms with Crippen molar-refractivity contribution in [3.05, 3.63) is 259 Å². The van der Waals surface area contributed by atoms with Gasteiger partial charge in [-0.05, 0) is 148 Å². The van der Waals surface area contributed by atoms with Gasteiger partial charge in [-0.15, -0.1) is 22.7 Å². The summed E-state index contributed by atoms with van der Waals surface area (Å²) >= 11 is 2.84. The number of aromatic nitrogens is 3. The van der Waals surface area contributed by atoms with Crippen LogP contribution in [-0.4, -0.2) is 162 Å². The second-order valence-corrected chi connectivity index (χ2v) is 28.0. The molecule has 14 rings (SSSR count). The highest BCUT2D eigenvalue weighted by Crippen LogP contribution is 2.36. The summed E-state index contributed by atoms with van der Waals surface area (Å²) in [6, 6.07) is 39.9. The number of fused-ring (bicyclic) bond motifs is 3. The molecule has 0 N–H and O–H groups in total. The van der Waals surface area contributed by atoms with Crippen LogP contribution in [0.1, 0.15) is 110 Å². The standard InChI is InChI=1S/C29H28FN3O5.C29H28FN3O4S.C23H25N3O4S/c2*1-3-37-29(36)25-26(31-12-14-32(15-13-31)27(34)24-5-4-16-38-24)22-17-19(2)6-11-23(22)33(28(25)35)18-20-7-9-21(30)10-8-20;1-4-30-23(29)19-20(16-14-15(2)7-8-17(16)24(3)22(19)28)25-9-11-26(12-10-25)21(27)18-6-5-13-31-18/h2*4-11,16-17H,3,12-15,18H2,1-2H3;5-8,13-14H,4,9-12H2,1-3H3. The maximum Gasteiger partial charge on any atom is 0.345 e. The van der Waals surface area contributed by atoms with E-state index in [0.29, 0.717) is 112 Å². The Balaban J connectivity index is 0.000000151. The number of nitrogens with zero attached hydrogens (tertiary/aromatic N) is 9. The smallest absolute Gasteiger partial charge is 0.345 e. The number of benzene rings is 5. The van der Waals surface area contributed by atoms with Crippen LogP contribution >= 0.6 is 22.7 Å². The largest absolute Gasteiger partial charge is 0.462 e. The molecule has 9 heterocycles. The van der Waals surface area contributed by atoms with E-state index in [-0.39, 0.29) is 90.3 Å². The first-order chi connectivity index (χ1) is 51.7. The molecule has 0 spiro atoms. The van der Waals surface area contributed by atoms with Crippen molar-refractivity contribution in [2.45, 2.75) is 54.6 Å². The molecule has 0 aliphatic carbocycles. The fraction of sp³-hybridized carbons (Fsp3) is 0.296. The monoisotopic (exact) mass is 1490 g/mol. The molecular formula is C81H81F2N9O13S2. The Labute approximate surface area is 623 Å². The van der Waals surface area contributed by atoms with Crippen molar-refractivity contribution in [1.29, 1.82) is 0 Å². The lowest BCUT2D eigenvalue weighted by Crippen LogP contribution is -2.49. The van der Waals surface area contributed by atoms with Crippen molar-refractivity contribution in [3.8, 4) is 0 Å². The summed E-state index contributed by atoms with van der Waals surface area (Å²) in [6.45, 7) is 17.4. The number of carbonyl (C=O) groups excluding carboxylic acids is 6. The van der Waals surface area contributed by atoms with Gasteiger partial charge in [0.15, 0.2) is 5.76 Å². The topological polar surface area (TPSA) is 229 Å². The maximum atomic E-state index is 13.9. The second kappa shape index (κ2) is 33.3. The van der Waals surface area contributed by atoms with E-state index < -0.39 is 29.0 Å². The third kappa shape index (κ3) is 16.2. The predicted octanol–water partition coefficient (Wildman–Crippen LogP) is 12.0. The molecule has 3 saturated heterocycles. The van der Waals surface area contributed by atoms with Crippen LogP contribution in [0.5, 0.6) is 0 Å². The van der Waals surface area contributed by atoms with Crippen LogP contribution in [0.3, 0.4) is 0 Å². The Morgan fingerprint density at radius 3 is 1.10 bits per heavy atom. The Morgan fingerprint density at radius 2 is 0.766 bits per heavy atom. The van der Waals surface area contributed by atoms with E-state index in [9.17, 15) is 51.9 Å². The van der Waals surface area contributed by atoms with Gasteiger partial charge in [-0.1, -0.05) is 71.3 Å². The van der Waals surface area contributed by atoms with Gasteiger partial charge in [-0.25, -0.2) is 23.2 Å². The molecule has 0 atom stereocenters. The van der Waals surface area contributed by atoms with Crippen molar-refractivity contribution in [2.24, 2.45) is 7.05 Å². The average Bonchev–Trinajstić information content (AvgIpc) is 1.14. The van der Waals surface area contributed by atoms with Crippen LogP contribution in [0.15, 0.2) is 175 Å². The molecular weight excluding hydrogens is 1410 g/mol. The molecule has 3 aliphatic rings. The van der Waals surface area contributed by atoms with E-state index in [2.05, 4.69) is 0 Å². The molecule has 22 nitrogen and oxygen atoms in total. The number of ether oxygens (including phenoxy) is 3. The van der Waals surface area contributed by atoms with Crippen LogP contribution in [0.4, 0.5) is 25.8 Å². The highest BCUT2D eigenvalue weighted by molar-refractivity contribution is 7.12. The van der Waals surface area contributed by atoms with E-state index in [4.69, 9.17) is 18.6 Å². The number of piperazine rings is 3. The average molecular weight is 1490 g/mol. The molecule has 554 valence electrons. The molecule has 3 fully saturated rings. The van der Waals surface area contributed by atoms with Crippen molar-refractivity contribution in [3.63, 3.8) is 0 Å². The zero-order chi connectivity index (χ0) is 75.7. The highest BCUT2D eigenvalue weighted by atomic mass is 32.1. The van der Waals surface area contributed by atoms with Gasteiger partial charge in [0.05, 0.1) is 82.5 Å². The summed E-state index contributed by atoms with van der Waals surface area (Å²) in [7, 11) is 1.67. The number of carbonyl (C=O) groups is 6. The van der Waals surface area contributed by atoms with Gasteiger partial charge >= 0.3 is 17.9 Å². The number of amides is 3. The Hall–Kier alpha value is -11.5. The number of aryl methyl sites for hydroxylation is 4. The molecule has 107 heavy (non-hydrogen) atoms. The number of thiophene rings is 2. The number of furan rings is 1. The molecule has 3 aliphatic heterocycles. The summed E-state index contributed by atoms with van der Waals surface area (Å²) in [6.07, 6.45) is 1.46. The van der Waals surface area contributed by atoms with Gasteiger partial charge in [0, 0.05) is 102 Å². The lowest BCUT2D eigenvalue weighted by atomic mass is 10.0. The van der Waals surface area contributed by atoms with Crippen LogP contribution in [0, 0.1) is 32.4 Å². The van der Waals surface area contributed by atoms with Crippen molar-refractivity contribution < 1.29 is 56.2 Å². The summed E-state index contributed by atoms with van der Waals surface area (Å²) < 4.78 is 52.8. The van der Waals surface area contributed by atoms with Crippen LogP contribution in [0.25, 0.3) is 32.7 Å². The number of hydrogen-bond donors (Lipinski definition) is 0. The molecule has 0 saturated carbocycles. The summed E-state index contributed by atoms with van der Waals surface area (Å²) in [5.74, 6) is -2.64. The Morgan fingerprint density at radius 1 is 0.421 bits per heavy atom. The fourth-order valence-electron chi connectivity index (χ4n) is 13.8. The van der Waals surface area contributed by atoms with E-state index in [1.165, 1.54) is 62.3 Å². The zero-order valence-corrected chi connectivity index (χ0v) is 62.1. The third-order valence-corrected chi connectivity index (χ3v) is 20.8. The normalized spacial score (nSPS) is 13.8. The molecule has 0 unspecified atom stereocenters. The number of anilines is 3. The molecule has 0 radical (unpaired) electrons. The van der Waals surface area contributed by atoms with Gasteiger partial charge < -0.3 is 61.7 Å². The minimum atomic E-state index is -0.696. The van der Waals surface area contributed by atoms with Crippen LogP contribution < -0.4 is 31.4 Å². The fourth-order valence-corrected chi connectivity index (χ4v) is 15.2. The number of hydrogen-bond acceptors (Lipinski definition) is 18. The summed E-state index contributed by atoms with van der Waals surface area (Å²) in [4.78, 5) is 131. The third-order valence-electron chi connectivity index (χ3n) is 19.1. The number of pyridine rings is 3. The Bertz CT molecular complexity index is 5070. The molecule has 0 bridgehead atoms. The van der Waals surface area contributed by atoms with Crippen molar-refractivity contribution in [1.82, 2.24) is 28.4 Å². The maximum absolute atomic E-state index is 13.9. The lowest BCUT2D eigenvalue weighted by molar-refractivity contribution is 0.0514. The Kier molecular flexibility index (Phi) is 23.4. The van der Waals surface area contributed by atoms with Gasteiger partial charge in [-0.3, -0.25) is 28.8 Å². The first kappa shape index (κ1) is 75.2. The van der Waals surface area contributed by atoms with E-state index in [1.54, 1.807) is 78.6 Å². The number of rotatable bonds is 16. The van der Waals surface area contributed by atoms with E-state index >= 15 is 0 Å². The quantitative estimate of drug-likeness (QED) is 0.0647. The molecule has 3 amide bonds. The minimum Gasteiger partial charge on any atom is -0.462 e. The highest BCUT2D eigenvalue weighted by Gasteiger charge is 2.35. The minimum absolute atomic E-state index is 0.0133. The van der Waals surface area contributed by atoms with Gasteiger partial charge in [0.25, 0.3) is 34.4 Å². The zero-order valence-electron chi connectivity index (χ0n) is 60.4. The van der Waals surface area contributed by atoms with E-state index in [0.717, 1.165) is 54.4 Å². The molecule has 5 aromatic carbocycles. The molecule has 6 aromatic heterocycles. The molecule has 11 aromatic rings. The second-order valence-electron chi connectivity index (χ2n) is 26.1. The summed E-state index contributed by atoms with van der Waals surface area (Å²) in [5.41, 5.74) is 6.84. The van der Waals surface area contributed by atoms with Crippen LogP contribution in [0.2, 0.25) is 0 Å². The predicted molar refractivity (Wildman–Crippen MR) is 410 cm³/mol. The number of esters is 3. The van der Waals surface area contributed by atoms with Gasteiger partial charge in [0.1, 0.15) is 28.3 Å². The molecule has 26 heteroatoms. The van der Waals surface area contributed by atoms with Gasteiger partial charge in [-0.2, -0.15) is 0 Å². The SMILES string of the molecule is CCOC(=O)c1c(N2CCN(C(=O)c3ccco3)CC2)c2cc(C)ccc2n(Cc2ccc(F)cc2)c1=O.CCOC(=O)c1c(N2CCN(C(=O)c3cccs3)CC2)c2cc(C)ccc2n(C)c1=O.CCOC(=O)c1c(N2CCN(C(=O)c3cccs3)CC2)c2cc(C)ccc2n(Cc2ccc(F)cc2)c1=O.